The van der Waals surface area contributed by atoms with Crippen molar-refractivity contribution in [3.05, 3.63) is 35.9 Å². The predicted molar refractivity (Wildman–Crippen MR) is 68.5 cm³/mol. The Morgan fingerprint density at radius 3 is 2.88 bits per heavy atom. The van der Waals surface area contributed by atoms with Gasteiger partial charge in [-0.15, -0.1) is 0 Å². The van der Waals surface area contributed by atoms with Crippen LogP contribution in [0.3, 0.4) is 0 Å². The molecule has 1 heterocycles. The third-order valence-electron chi connectivity index (χ3n) is 3.21. The third kappa shape index (κ3) is 4.19. The maximum Gasteiger partial charge on any atom is 0.220 e. The highest BCUT2D eigenvalue weighted by atomic mass is 16.1. The highest BCUT2D eigenvalue weighted by Gasteiger charge is 2.16. The molecule has 2 rings (SSSR count). The Bertz CT molecular complexity index is 344. The molecule has 2 N–H and O–H groups in total. The molecule has 0 bridgehead atoms. The normalized spacial score (nSPS) is 19.9. The van der Waals surface area contributed by atoms with Crippen LogP contribution < -0.4 is 10.6 Å². The molecule has 1 aliphatic rings. The van der Waals surface area contributed by atoms with Crippen LogP contribution in [0.25, 0.3) is 0 Å². The van der Waals surface area contributed by atoms with Gasteiger partial charge >= 0.3 is 0 Å². The first-order valence-electron chi connectivity index (χ1n) is 6.36. The second kappa shape index (κ2) is 6.40. The molecule has 0 spiro atoms. The summed E-state index contributed by atoms with van der Waals surface area (Å²) in [5, 5.41) is 6.31. The van der Waals surface area contributed by atoms with Crippen LogP contribution in [-0.4, -0.2) is 19.0 Å². The van der Waals surface area contributed by atoms with E-state index in [9.17, 15) is 4.79 Å². The Morgan fingerprint density at radius 2 is 2.18 bits per heavy atom. The van der Waals surface area contributed by atoms with Gasteiger partial charge < -0.3 is 10.6 Å². The molecule has 3 nitrogen and oxygen atoms in total. The van der Waals surface area contributed by atoms with E-state index in [4.69, 9.17) is 0 Å². The van der Waals surface area contributed by atoms with Crippen LogP contribution in [0.2, 0.25) is 0 Å². The van der Waals surface area contributed by atoms with E-state index in [0.29, 0.717) is 18.9 Å². The van der Waals surface area contributed by atoms with Crippen LogP contribution in [0, 0.1) is 5.92 Å². The Balaban J connectivity index is 1.70. The Hall–Kier alpha value is -1.35. The van der Waals surface area contributed by atoms with E-state index < -0.39 is 0 Å². The van der Waals surface area contributed by atoms with Crippen LogP contribution in [-0.2, 0) is 11.3 Å². The van der Waals surface area contributed by atoms with Gasteiger partial charge in [0.1, 0.15) is 0 Å². The molecule has 1 aliphatic heterocycles. The van der Waals surface area contributed by atoms with E-state index in [2.05, 4.69) is 10.6 Å². The molecule has 17 heavy (non-hydrogen) atoms. The lowest BCUT2D eigenvalue weighted by Crippen LogP contribution is -2.34. The molecule has 0 saturated carbocycles. The van der Waals surface area contributed by atoms with Gasteiger partial charge in [0, 0.05) is 13.0 Å². The van der Waals surface area contributed by atoms with Gasteiger partial charge in [0.15, 0.2) is 0 Å². The molecule has 0 radical (unpaired) electrons. The number of carbonyl (C=O) groups excluding carboxylic acids is 1. The van der Waals surface area contributed by atoms with Crippen LogP contribution in [0.5, 0.6) is 0 Å². The fourth-order valence-corrected chi connectivity index (χ4v) is 2.23. The van der Waals surface area contributed by atoms with Crippen LogP contribution >= 0.6 is 0 Å². The number of carbonyl (C=O) groups is 1. The maximum absolute atomic E-state index is 11.7. The minimum atomic E-state index is 0.169. The SMILES string of the molecule is O=C(CC1CCCNC1)NCc1ccccc1. The molecule has 0 aliphatic carbocycles. The van der Waals surface area contributed by atoms with E-state index in [-0.39, 0.29) is 5.91 Å². The van der Waals surface area contributed by atoms with Gasteiger partial charge in [-0.05, 0) is 37.4 Å². The number of hydrogen-bond acceptors (Lipinski definition) is 2. The maximum atomic E-state index is 11.7. The third-order valence-corrected chi connectivity index (χ3v) is 3.21. The van der Waals surface area contributed by atoms with Crippen molar-refractivity contribution in [1.82, 2.24) is 10.6 Å². The molecular weight excluding hydrogens is 212 g/mol. The van der Waals surface area contributed by atoms with E-state index in [1.54, 1.807) is 0 Å². The summed E-state index contributed by atoms with van der Waals surface area (Å²) >= 11 is 0. The summed E-state index contributed by atoms with van der Waals surface area (Å²) in [5.41, 5.74) is 1.16. The van der Waals surface area contributed by atoms with Gasteiger partial charge in [-0.1, -0.05) is 30.3 Å². The molecule has 1 unspecified atom stereocenters. The van der Waals surface area contributed by atoms with Crippen molar-refractivity contribution in [1.29, 1.82) is 0 Å². The molecule has 3 heteroatoms. The summed E-state index contributed by atoms with van der Waals surface area (Å²) < 4.78 is 0. The first-order valence-corrected chi connectivity index (χ1v) is 6.36. The van der Waals surface area contributed by atoms with E-state index in [1.807, 2.05) is 30.3 Å². The highest BCUT2D eigenvalue weighted by Crippen LogP contribution is 2.13. The van der Waals surface area contributed by atoms with Crippen molar-refractivity contribution in [3.63, 3.8) is 0 Å². The van der Waals surface area contributed by atoms with Crippen molar-refractivity contribution in [3.8, 4) is 0 Å². The van der Waals surface area contributed by atoms with Gasteiger partial charge in [0.25, 0.3) is 0 Å². The van der Waals surface area contributed by atoms with Gasteiger partial charge in [-0.3, -0.25) is 4.79 Å². The number of rotatable bonds is 4. The zero-order valence-corrected chi connectivity index (χ0v) is 10.1. The smallest absolute Gasteiger partial charge is 0.220 e. The van der Waals surface area contributed by atoms with Crippen molar-refractivity contribution < 1.29 is 4.79 Å². The number of benzene rings is 1. The number of piperidine rings is 1. The minimum Gasteiger partial charge on any atom is -0.352 e. The molecule has 1 aromatic carbocycles. The predicted octanol–water partition coefficient (Wildman–Crippen LogP) is 1.69. The molecular formula is C14H20N2O. The number of nitrogens with one attached hydrogen (secondary N) is 2. The summed E-state index contributed by atoms with van der Waals surface area (Å²) in [6.07, 6.45) is 3.02. The van der Waals surface area contributed by atoms with Crippen LogP contribution in [0.4, 0.5) is 0 Å². The lowest BCUT2D eigenvalue weighted by molar-refractivity contribution is -0.122. The fourth-order valence-electron chi connectivity index (χ4n) is 2.23. The van der Waals surface area contributed by atoms with Gasteiger partial charge in [0.2, 0.25) is 5.91 Å². The second-order valence-electron chi connectivity index (χ2n) is 4.68. The van der Waals surface area contributed by atoms with Gasteiger partial charge in [0.05, 0.1) is 0 Å². The number of hydrogen-bond donors (Lipinski definition) is 2. The monoisotopic (exact) mass is 232 g/mol. The van der Waals surface area contributed by atoms with Crippen LogP contribution in [0.1, 0.15) is 24.8 Å². The van der Waals surface area contributed by atoms with E-state index in [0.717, 1.165) is 18.7 Å². The van der Waals surface area contributed by atoms with Gasteiger partial charge in [-0.25, -0.2) is 0 Å². The molecule has 0 aromatic heterocycles. The first kappa shape index (κ1) is 12.1. The molecule has 92 valence electrons. The fraction of sp³-hybridized carbons (Fsp3) is 0.500. The van der Waals surface area contributed by atoms with Crippen molar-refractivity contribution in [2.24, 2.45) is 5.92 Å². The van der Waals surface area contributed by atoms with Crippen molar-refractivity contribution in [2.75, 3.05) is 13.1 Å². The van der Waals surface area contributed by atoms with Gasteiger partial charge in [-0.2, -0.15) is 0 Å². The average Bonchev–Trinajstić information content (AvgIpc) is 2.39. The van der Waals surface area contributed by atoms with Crippen molar-refractivity contribution >= 4 is 5.91 Å². The van der Waals surface area contributed by atoms with Crippen molar-refractivity contribution in [2.45, 2.75) is 25.8 Å². The lowest BCUT2D eigenvalue weighted by atomic mass is 9.96. The minimum absolute atomic E-state index is 0.169. The molecule has 1 saturated heterocycles. The zero-order valence-electron chi connectivity index (χ0n) is 10.1. The average molecular weight is 232 g/mol. The molecule has 1 aromatic rings. The van der Waals surface area contributed by atoms with E-state index >= 15 is 0 Å². The standard InChI is InChI=1S/C14H20N2O/c17-14(9-13-7-4-8-15-10-13)16-11-12-5-2-1-3-6-12/h1-3,5-6,13,15H,4,7-11H2,(H,16,17). The number of amides is 1. The highest BCUT2D eigenvalue weighted by molar-refractivity contribution is 5.76. The van der Waals surface area contributed by atoms with E-state index in [1.165, 1.54) is 12.8 Å². The zero-order chi connectivity index (χ0) is 11.9. The summed E-state index contributed by atoms with van der Waals surface area (Å²) in [6.45, 7) is 2.72. The molecule has 1 amide bonds. The summed E-state index contributed by atoms with van der Waals surface area (Å²) in [7, 11) is 0. The summed E-state index contributed by atoms with van der Waals surface area (Å²) in [5.74, 6) is 0.682. The summed E-state index contributed by atoms with van der Waals surface area (Å²) in [6, 6.07) is 10.0. The Kier molecular flexibility index (Phi) is 4.56. The molecule has 1 atom stereocenters. The first-order chi connectivity index (χ1) is 8.34. The lowest BCUT2D eigenvalue weighted by Gasteiger charge is -2.22. The van der Waals surface area contributed by atoms with Crippen LogP contribution in [0.15, 0.2) is 30.3 Å². The molecule has 1 fully saturated rings. The second-order valence-corrected chi connectivity index (χ2v) is 4.68. The Morgan fingerprint density at radius 1 is 1.35 bits per heavy atom. The quantitative estimate of drug-likeness (QED) is 0.829. The summed E-state index contributed by atoms with van der Waals surface area (Å²) in [4.78, 5) is 11.7. The topological polar surface area (TPSA) is 41.1 Å². The largest absolute Gasteiger partial charge is 0.352 e. The Labute approximate surface area is 103 Å².